The third-order valence-corrected chi connectivity index (χ3v) is 8.35. The van der Waals surface area contributed by atoms with Gasteiger partial charge in [-0.25, -0.2) is 9.13 Å². The van der Waals surface area contributed by atoms with Gasteiger partial charge >= 0.3 is 0 Å². The maximum absolute atomic E-state index is 2.62. The number of hydrogen-bond acceptors (Lipinski definition) is 0. The lowest BCUT2D eigenvalue weighted by Gasteiger charge is -2.07. The molecule has 1 aromatic rings. The van der Waals surface area contributed by atoms with E-state index >= 15 is 0 Å². The minimum Gasteiger partial charge on any atom is -0.234 e. The number of hydrogen-bond donors (Lipinski definition) is 0. The highest BCUT2D eigenvalue weighted by molar-refractivity contribution is 4.84. The summed E-state index contributed by atoms with van der Waals surface area (Å²) in [5.41, 5.74) is 0. The largest absolute Gasteiger partial charge is 0.256 e. The molecular weight excluding hydrogens is 448 g/mol. The normalized spacial score (nSPS) is 11.5. The Hall–Kier alpha value is -0.790. The van der Waals surface area contributed by atoms with Crippen LogP contribution >= 0.6 is 0 Å². The highest BCUT2D eigenvalue weighted by atomic mass is 15.1. The van der Waals surface area contributed by atoms with Gasteiger partial charge in [0.25, 0.3) is 5.82 Å². The van der Waals surface area contributed by atoms with Gasteiger partial charge in [-0.15, -0.1) is 0 Å². The van der Waals surface area contributed by atoms with E-state index < -0.39 is 0 Å². The molecule has 0 aliphatic heterocycles. The maximum atomic E-state index is 2.62. The van der Waals surface area contributed by atoms with E-state index in [1.807, 2.05) is 0 Å². The first-order valence-electron chi connectivity index (χ1n) is 17.4. The smallest absolute Gasteiger partial charge is 0.234 e. The van der Waals surface area contributed by atoms with E-state index in [2.05, 4.69) is 42.3 Å². The van der Waals surface area contributed by atoms with Crippen molar-refractivity contribution < 1.29 is 4.57 Å². The summed E-state index contributed by atoms with van der Waals surface area (Å²) in [5.74, 6) is 1.61. The highest BCUT2D eigenvalue weighted by Crippen LogP contribution is 2.14. The number of imidazole rings is 1. The van der Waals surface area contributed by atoms with E-state index in [0.29, 0.717) is 0 Å². The van der Waals surface area contributed by atoms with Crippen LogP contribution in [0.3, 0.4) is 0 Å². The summed E-state index contributed by atoms with van der Waals surface area (Å²) >= 11 is 0. The second-order valence-electron chi connectivity index (χ2n) is 12.0. The van der Waals surface area contributed by atoms with Crippen LogP contribution in [0.5, 0.6) is 0 Å². The second kappa shape index (κ2) is 26.8. The summed E-state index contributed by atoms with van der Waals surface area (Å²) in [7, 11) is 0. The predicted octanol–water partition coefficient (Wildman–Crippen LogP) is 11.5. The Balaban J connectivity index is 2.26. The van der Waals surface area contributed by atoms with E-state index in [1.54, 1.807) is 5.82 Å². The molecule has 37 heavy (non-hydrogen) atoms. The monoisotopic (exact) mass is 518 g/mol. The topological polar surface area (TPSA) is 8.81 Å². The molecule has 0 aromatic carbocycles. The van der Waals surface area contributed by atoms with Gasteiger partial charge < -0.3 is 0 Å². The lowest BCUT2D eigenvalue weighted by Crippen LogP contribution is -2.37. The van der Waals surface area contributed by atoms with Crippen molar-refractivity contribution >= 4 is 0 Å². The maximum Gasteiger partial charge on any atom is 0.256 e. The van der Waals surface area contributed by atoms with E-state index in [-0.39, 0.29) is 0 Å². The molecule has 0 atom stereocenters. The van der Waals surface area contributed by atoms with Gasteiger partial charge in [0.15, 0.2) is 0 Å². The van der Waals surface area contributed by atoms with Gasteiger partial charge in [0.1, 0.15) is 12.4 Å². The molecule has 1 heterocycles. The third kappa shape index (κ3) is 19.9. The van der Waals surface area contributed by atoms with Gasteiger partial charge in [0.05, 0.1) is 13.1 Å². The molecule has 0 aliphatic carbocycles. The number of rotatable bonds is 29. The first-order chi connectivity index (χ1) is 18.3. The van der Waals surface area contributed by atoms with E-state index in [4.69, 9.17) is 0 Å². The van der Waals surface area contributed by atoms with Crippen molar-refractivity contribution in [2.24, 2.45) is 0 Å². The molecule has 218 valence electrons. The first kappa shape index (κ1) is 34.2. The fraction of sp³-hybridized carbons (Fsp3) is 0.914. The Labute approximate surface area is 234 Å². The Morgan fingerprint density at radius 2 is 0.838 bits per heavy atom. The predicted molar refractivity (Wildman–Crippen MR) is 165 cm³/mol. The number of unbranched alkanes of at least 4 members (excludes halogenated alkanes) is 23. The zero-order valence-corrected chi connectivity index (χ0v) is 26.1. The lowest BCUT2D eigenvalue weighted by molar-refractivity contribution is -0.704. The molecule has 2 heteroatoms. The summed E-state index contributed by atoms with van der Waals surface area (Å²) in [6.07, 6.45) is 42.9. The van der Waals surface area contributed by atoms with Crippen LogP contribution < -0.4 is 4.57 Å². The van der Waals surface area contributed by atoms with Crippen molar-refractivity contribution in [1.82, 2.24) is 4.57 Å². The minimum atomic E-state index is 1.23. The minimum absolute atomic E-state index is 1.23. The van der Waals surface area contributed by atoms with Gasteiger partial charge in [-0.1, -0.05) is 156 Å². The summed E-state index contributed by atoms with van der Waals surface area (Å²) in [6.45, 7) is 9.39. The molecular formula is C35H69N2+. The molecule has 2 nitrogen and oxygen atoms in total. The summed E-state index contributed by atoms with van der Waals surface area (Å²) in [5, 5.41) is 0. The lowest BCUT2D eigenvalue weighted by atomic mass is 10.0. The number of aromatic nitrogens is 2. The average molecular weight is 518 g/mol. The van der Waals surface area contributed by atoms with Crippen molar-refractivity contribution in [1.29, 1.82) is 0 Å². The molecule has 0 aliphatic rings. The zero-order valence-electron chi connectivity index (χ0n) is 26.1. The number of aryl methyl sites for hydroxylation is 2. The first-order valence-corrected chi connectivity index (χ1v) is 17.4. The van der Waals surface area contributed by atoms with Crippen LogP contribution in [0.25, 0.3) is 0 Å². The third-order valence-electron chi connectivity index (χ3n) is 8.35. The summed E-state index contributed by atoms with van der Waals surface area (Å²) < 4.78 is 5.23. The van der Waals surface area contributed by atoms with Crippen molar-refractivity contribution in [3.63, 3.8) is 0 Å². The second-order valence-corrected chi connectivity index (χ2v) is 12.0. The van der Waals surface area contributed by atoms with Crippen LogP contribution in [-0.4, -0.2) is 4.57 Å². The Bertz CT molecular complexity index is 576. The Kier molecular flexibility index (Phi) is 24.8. The van der Waals surface area contributed by atoms with Gasteiger partial charge in [0.2, 0.25) is 0 Å². The van der Waals surface area contributed by atoms with Gasteiger partial charge in [-0.05, 0) is 32.1 Å². The van der Waals surface area contributed by atoms with E-state index in [1.165, 1.54) is 186 Å². The van der Waals surface area contributed by atoms with E-state index in [9.17, 15) is 0 Å². The fourth-order valence-electron chi connectivity index (χ4n) is 5.80. The van der Waals surface area contributed by atoms with Gasteiger partial charge in [-0.3, -0.25) is 0 Å². The molecule has 1 rings (SSSR count). The van der Waals surface area contributed by atoms with Crippen LogP contribution in [-0.2, 0) is 19.5 Å². The van der Waals surface area contributed by atoms with Crippen molar-refractivity contribution in [2.45, 2.75) is 207 Å². The molecule has 0 unspecified atom stereocenters. The molecule has 1 aromatic heterocycles. The standard InChI is InChI=1S/C35H69N2/c1-4-7-10-13-16-17-18-19-20-21-23-26-29-32-37-34-33-36(31-28-25-22-14-11-8-5-2)35(37)30-27-24-15-12-9-6-3/h33-34H,4-32H2,1-3H3/q+1. The zero-order chi connectivity index (χ0) is 26.7. The Morgan fingerprint density at radius 3 is 1.30 bits per heavy atom. The SMILES string of the molecule is CCCCCCCCCCCCCCC[n+]1ccn(CCCCCCCCC)c1CCCCCCCC. The summed E-state index contributed by atoms with van der Waals surface area (Å²) in [4.78, 5) is 0. The fourth-order valence-corrected chi connectivity index (χ4v) is 5.80. The molecule has 0 fully saturated rings. The van der Waals surface area contributed by atoms with Crippen LogP contribution in [0, 0.1) is 0 Å². The molecule has 0 bridgehead atoms. The molecule has 0 N–H and O–H groups in total. The van der Waals surface area contributed by atoms with E-state index in [0.717, 1.165) is 0 Å². The molecule has 0 amide bonds. The quantitative estimate of drug-likeness (QED) is 0.0737. The van der Waals surface area contributed by atoms with Gasteiger partial charge in [-0.2, -0.15) is 0 Å². The average Bonchev–Trinajstić information content (AvgIpc) is 3.29. The van der Waals surface area contributed by atoms with Crippen LogP contribution in [0.4, 0.5) is 0 Å². The number of nitrogens with zero attached hydrogens (tertiary/aromatic N) is 2. The van der Waals surface area contributed by atoms with Crippen LogP contribution in [0.1, 0.15) is 194 Å². The molecule has 0 saturated heterocycles. The van der Waals surface area contributed by atoms with Crippen molar-refractivity contribution in [3.8, 4) is 0 Å². The highest BCUT2D eigenvalue weighted by Gasteiger charge is 2.16. The molecule has 0 radical (unpaired) electrons. The Morgan fingerprint density at radius 1 is 0.459 bits per heavy atom. The van der Waals surface area contributed by atoms with Gasteiger partial charge in [0, 0.05) is 6.42 Å². The van der Waals surface area contributed by atoms with Crippen LogP contribution in [0.15, 0.2) is 12.4 Å². The van der Waals surface area contributed by atoms with Crippen LogP contribution in [0.2, 0.25) is 0 Å². The molecule has 0 saturated carbocycles. The summed E-state index contributed by atoms with van der Waals surface area (Å²) in [6, 6.07) is 0. The van der Waals surface area contributed by atoms with Crippen molar-refractivity contribution in [2.75, 3.05) is 0 Å². The van der Waals surface area contributed by atoms with Crippen molar-refractivity contribution in [3.05, 3.63) is 18.2 Å². The molecule has 0 spiro atoms.